The average Bonchev–Trinajstić information content (AvgIpc) is 2.59. The molecule has 1 fully saturated rings. The lowest BCUT2D eigenvalue weighted by molar-refractivity contribution is -0.918. The molecule has 0 atom stereocenters. The maximum absolute atomic E-state index is 6.25. The van der Waals surface area contributed by atoms with Crippen molar-refractivity contribution < 1.29 is 4.90 Å². The van der Waals surface area contributed by atoms with Gasteiger partial charge in [0.2, 0.25) is 0 Å². The minimum absolute atomic E-state index is 0.551. The van der Waals surface area contributed by atoms with Crippen LogP contribution in [0.1, 0.15) is 11.1 Å². The standard InChI is InChI=1S/C18H18Cl3N3/c19-16-4-2-1-3-15(16)13-23-7-9-24(10-8-23)22-12-14-5-6-17(20)18(21)11-14/h1-6,11-12H,7-10,13H2/p+1/b22-12+. The summed E-state index contributed by atoms with van der Waals surface area (Å²) in [5, 5.41) is 8.61. The van der Waals surface area contributed by atoms with E-state index in [1.807, 2.05) is 36.5 Å². The van der Waals surface area contributed by atoms with Crippen LogP contribution in [0.3, 0.4) is 0 Å². The van der Waals surface area contributed by atoms with Gasteiger partial charge in [0, 0.05) is 10.6 Å². The Labute approximate surface area is 157 Å². The zero-order valence-corrected chi connectivity index (χ0v) is 15.5. The maximum atomic E-state index is 6.25. The van der Waals surface area contributed by atoms with Crippen LogP contribution >= 0.6 is 34.8 Å². The third-order valence-electron chi connectivity index (χ3n) is 4.16. The molecule has 24 heavy (non-hydrogen) atoms. The van der Waals surface area contributed by atoms with Gasteiger partial charge >= 0.3 is 0 Å². The first-order chi connectivity index (χ1) is 11.6. The SMILES string of the molecule is Clc1ccc(/C=N/N2CC[NH+](Cc3ccccc3Cl)CC2)cc1Cl. The number of nitrogens with zero attached hydrogens (tertiary/aromatic N) is 2. The highest BCUT2D eigenvalue weighted by molar-refractivity contribution is 6.42. The van der Waals surface area contributed by atoms with Crippen LogP contribution in [-0.4, -0.2) is 37.4 Å². The summed E-state index contributed by atoms with van der Waals surface area (Å²) in [5.74, 6) is 0. The van der Waals surface area contributed by atoms with E-state index in [1.54, 1.807) is 6.07 Å². The minimum atomic E-state index is 0.551. The lowest BCUT2D eigenvalue weighted by atomic mass is 10.2. The number of piperazine rings is 1. The fourth-order valence-electron chi connectivity index (χ4n) is 2.76. The van der Waals surface area contributed by atoms with E-state index in [9.17, 15) is 0 Å². The monoisotopic (exact) mass is 382 g/mol. The summed E-state index contributed by atoms with van der Waals surface area (Å²) in [7, 11) is 0. The molecule has 1 N–H and O–H groups in total. The molecule has 3 rings (SSSR count). The molecule has 0 saturated carbocycles. The first kappa shape index (κ1) is 17.6. The van der Waals surface area contributed by atoms with Gasteiger partial charge in [-0.3, -0.25) is 5.01 Å². The van der Waals surface area contributed by atoms with E-state index in [4.69, 9.17) is 34.8 Å². The van der Waals surface area contributed by atoms with Crippen LogP contribution in [0, 0.1) is 0 Å². The molecule has 1 aliphatic heterocycles. The summed E-state index contributed by atoms with van der Waals surface area (Å²) >= 11 is 18.2. The molecular weight excluding hydrogens is 365 g/mol. The first-order valence-electron chi connectivity index (χ1n) is 7.93. The van der Waals surface area contributed by atoms with Crippen molar-refractivity contribution in [2.24, 2.45) is 5.10 Å². The zero-order valence-electron chi connectivity index (χ0n) is 13.2. The van der Waals surface area contributed by atoms with Crippen molar-refractivity contribution in [1.82, 2.24) is 5.01 Å². The molecule has 3 nitrogen and oxygen atoms in total. The largest absolute Gasteiger partial charge is 0.328 e. The molecule has 1 saturated heterocycles. The second-order valence-corrected chi connectivity index (χ2v) is 7.11. The zero-order chi connectivity index (χ0) is 16.9. The summed E-state index contributed by atoms with van der Waals surface area (Å²) < 4.78 is 0. The molecule has 0 aromatic heterocycles. The quantitative estimate of drug-likeness (QED) is 0.802. The third-order valence-corrected chi connectivity index (χ3v) is 5.27. The van der Waals surface area contributed by atoms with Gasteiger partial charge in [0.1, 0.15) is 6.54 Å². The molecule has 0 spiro atoms. The summed E-state index contributed by atoms with van der Waals surface area (Å²) in [6.45, 7) is 4.91. The molecule has 1 aliphatic rings. The average molecular weight is 384 g/mol. The van der Waals surface area contributed by atoms with Gasteiger partial charge in [-0.05, 0) is 23.8 Å². The molecule has 0 unspecified atom stereocenters. The molecule has 0 amide bonds. The summed E-state index contributed by atoms with van der Waals surface area (Å²) in [5.41, 5.74) is 2.16. The predicted molar refractivity (Wildman–Crippen MR) is 101 cm³/mol. The Kier molecular flexibility index (Phi) is 6.01. The lowest BCUT2D eigenvalue weighted by Gasteiger charge is -2.30. The van der Waals surface area contributed by atoms with Crippen LogP contribution in [0.4, 0.5) is 0 Å². The fraction of sp³-hybridized carbons (Fsp3) is 0.278. The van der Waals surface area contributed by atoms with E-state index < -0.39 is 0 Å². The summed E-state index contributed by atoms with van der Waals surface area (Å²) in [6.07, 6.45) is 1.83. The second kappa shape index (κ2) is 8.21. The van der Waals surface area contributed by atoms with Crippen LogP contribution < -0.4 is 4.90 Å². The maximum Gasteiger partial charge on any atom is 0.104 e. The number of hydrogen-bond acceptors (Lipinski definition) is 2. The molecule has 0 radical (unpaired) electrons. The topological polar surface area (TPSA) is 20.0 Å². The van der Waals surface area contributed by atoms with Gasteiger partial charge in [0.25, 0.3) is 0 Å². The van der Waals surface area contributed by atoms with E-state index >= 15 is 0 Å². The van der Waals surface area contributed by atoms with Crippen molar-refractivity contribution in [1.29, 1.82) is 0 Å². The van der Waals surface area contributed by atoms with E-state index in [1.165, 1.54) is 10.5 Å². The van der Waals surface area contributed by atoms with Gasteiger partial charge < -0.3 is 4.90 Å². The Balaban J connectivity index is 1.52. The van der Waals surface area contributed by atoms with Gasteiger partial charge in [-0.15, -0.1) is 0 Å². The van der Waals surface area contributed by atoms with Crippen LogP contribution in [0.15, 0.2) is 47.6 Å². The highest BCUT2D eigenvalue weighted by atomic mass is 35.5. The molecule has 6 heteroatoms. The van der Waals surface area contributed by atoms with Crippen molar-refractivity contribution in [3.05, 3.63) is 68.7 Å². The van der Waals surface area contributed by atoms with Crippen molar-refractivity contribution >= 4 is 41.0 Å². The number of nitrogens with one attached hydrogen (secondary N) is 1. The Morgan fingerprint density at radius 3 is 2.42 bits per heavy atom. The van der Waals surface area contributed by atoms with E-state index in [0.29, 0.717) is 10.0 Å². The lowest BCUT2D eigenvalue weighted by Crippen LogP contribution is -3.13. The number of hydrazone groups is 1. The first-order valence-corrected chi connectivity index (χ1v) is 9.06. The predicted octanol–water partition coefficient (Wildman–Crippen LogP) is 3.38. The number of rotatable bonds is 4. The molecule has 126 valence electrons. The van der Waals surface area contributed by atoms with Crippen LogP contribution in [-0.2, 0) is 6.54 Å². The van der Waals surface area contributed by atoms with Crippen molar-refractivity contribution in [2.75, 3.05) is 26.2 Å². The third kappa shape index (κ3) is 4.64. The van der Waals surface area contributed by atoms with Gasteiger partial charge in [-0.2, -0.15) is 5.10 Å². The molecule has 0 bridgehead atoms. The summed E-state index contributed by atoms with van der Waals surface area (Å²) in [4.78, 5) is 1.53. The molecule has 1 heterocycles. The number of benzene rings is 2. The second-order valence-electron chi connectivity index (χ2n) is 5.89. The van der Waals surface area contributed by atoms with Crippen molar-refractivity contribution in [3.63, 3.8) is 0 Å². The van der Waals surface area contributed by atoms with Gasteiger partial charge in [-0.1, -0.05) is 59.1 Å². The van der Waals surface area contributed by atoms with Crippen molar-refractivity contribution in [3.8, 4) is 0 Å². The van der Waals surface area contributed by atoms with E-state index in [0.717, 1.165) is 43.3 Å². The summed E-state index contributed by atoms with van der Waals surface area (Å²) in [6, 6.07) is 13.6. The van der Waals surface area contributed by atoms with Gasteiger partial charge in [0.05, 0.1) is 42.4 Å². The molecule has 2 aromatic carbocycles. The smallest absolute Gasteiger partial charge is 0.104 e. The fourth-order valence-corrected chi connectivity index (χ4v) is 3.26. The molecule has 0 aliphatic carbocycles. The van der Waals surface area contributed by atoms with Gasteiger partial charge in [0.15, 0.2) is 0 Å². The highest BCUT2D eigenvalue weighted by Gasteiger charge is 2.19. The van der Waals surface area contributed by atoms with Gasteiger partial charge in [-0.25, -0.2) is 0 Å². The number of halogens is 3. The number of hydrogen-bond donors (Lipinski definition) is 1. The highest BCUT2D eigenvalue weighted by Crippen LogP contribution is 2.21. The van der Waals surface area contributed by atoms with Crippen LogP contribution in [0.5, 0.6) is 0 Å². The van der Waals surface area contributed by atoms with Crippen molar-refractivity contribution in [2.45, 2.75) is 6.54 Å². The minimum Gasteiger partial charge on any atom is -0.328 e. The Hall–Kier alpha value is -1.26. The van der Waals surface area contributed by atoms with Crippen LogP contribution in [0.25, 0.3) is 0 Å². The Morgan fingerprint density at radius 1 is 0.958 bits per heavy atom. The van der Waals surface area contributed by atoms with Crippen LogP contribution in [0.2, 0.25) is 15.1 Å². The molecule has 2 aromatic rings. The van der Waals surface area contributed by atoms with E-state index in [-0.39, 0.29) is 0 Å². The van der Waals surface area contributed by atoms with E-state index in [2.05, 4.69) is 16.2 Å². The normalized spacial score (nSPS) is 16.0. The Bertz CT molecular complexity index is 725. The molecular formula is C18H19Cl3N3+. The Morgan fingerprint density at radius 2 is 1.71 bits per heavy atom. The number of quaternary nitrogens is 1.